The van der Waals surface area contributed by atoms with Gasteiger partial charge in [-0.25, -0.2) is 0 Å². The number of unbranched alkanes of at least 4 members (excludes halogenated alkanes) is 1. The van der Waals surface area contributed by atoms with Crippen molar-refractivity contribution in [2.24, 2.45) is 11.7 Å². The van der Waals surface area contributed by atoms with Crippen molar-refractivity contribution < 1.29 is 9.59 Å². The first kappa shape index (κ1) is 13.1. The fourth-order valence-corrected chi connectivity index (χ4v) is 1.29. The number of nitrogens with two attached hydrogens (primary N) is 1. The maximum Gasteiger partial charge on any atom is 0.207 e. The van der Waals surface area contributed by atoms with Crippen molar-refractivity contribution in [2.45, 2.75) is 39.2 Å². The number of ketones is 1. The second-order valence-corrected chi connectivity index (χ2v) is 3.68. The minimum absolute atomic E-state index is 0.0367. The zero-order valence-corrected chi connectivity index (χ0v) is 8.95. The highest BCUT2D eigenvalue weighted by Crippen LogP contribution is 2.06. The van der Waals surface area contributed by atoms with E-state index in [9.17, 15) is 9.59 Å². The van der Waals surface area contributed by atoms with Crippen LogP contribution in [0.25, 0.3) is 0 Å². The van der Waals surface area contributed by atoms with Gasteiger partial charge >= 0.3 is 0 Å². The van der Waals surface area contributed by atoms with Gasteiger partial charge in [0.1, 0.15) is 0 Å². The highest BCUT2D eigenvalue weighted by molar-refractivity contribution is 5.87. The van der Waals surface area contributed by atoms with Crippen LogP contribution < -0.4 is 11.1 Å². The van der Waals surface area contributed by atoms with Crippen molar-refractivity contribution in [3.63, 3.8) is 0 Å². The standard InChI is InChI=1S/C10H20N2O2/c1-8(2)10(14)9(12-7-13)5-3-4-6-11/h7-9H,3-6,11H2,1-2H3,(H,12,13). The maximum atomic E-state index is 11.6. The number of carbonyl (C=O) groups is 2. The molecule has 0 radical (unpaired) electrons. The molecule has 82 valence electrons. The van der Waals surface area contributed by atoms with Gasteiger partial charge in [0.05, 0.1) is 6.04 Å². The van der Waals surface area contributed by atoms with E-state index in [1.165, 1.54) is 0 Å². The molecule has 1 atom stereocenters. The summed E-state index contributed by atoms with van der Waals surface area (Å²) in [6, 6.07) is -0.334. The summed E-state index contributed by atoms with van der Waals surface area (Å²) < 4.78 is 0. The van der Waals surface area contributed by atoms with E-state index in [1.54, 1.807) is 0 Å². The Kier molecular flexibility index (Phi) is 7.02. The van der Waals surface area contributed by atoms with Gasteiger partial charge in [0.25, 0.3) is 0 Å². The van der Waals surface area contributed by atoms with Crippen molar-refractivity contribution in [1.29, 1.82) is 0 Å². The molecule has 1 amide bonds. The molecule has 0 saturated carbocycles. The number of Topliss-reactive ketones (excluding diaryl/α,β-unsaturated/α-hetero) is 1. The second kappa shape index (κ2) is 7.50. The van der Waals surface area contributed by atoms with E-state index in [2.05, 4.69) is 5.32 Å². The van der Waals surface area contributed by atoms with E-state index in [0.717, 1.165) is 12.8 Å². The molecule has 0 aromatic heterocycles. The van der Waals surface area contributed by atoms with Gasteiger partial charge in [-0.15, -0.1) is 0 Å². The average Bonchev–Trinajstić information content (AvgIpc) is 2.15. The molecular formula is C10H20N2O2. The molecule has 0 aromatic carbocycles. The summed E-state index contributed by atoms with van der Waals surface area (Å²) in [7, 11) is 0. The fourth-order valence-electron chi connectivity index (χ4n) is 1.29. The van der Waals surface area contributed by atoms with Crippen molar-refractivity contribution in [2.75, 3.05) is 6.54 Å². The van der Waals surface area contributed by atoms with Crippen LogP contribution in [-0.2, 0) is 9.59 Å². The van der Waals surface area contributed by atoms with E-state index in [0.29, 0.717) is 19.4 Å². The summed E-state index contributed by atoms with van der Waals surface area (Å²) in [6.45, 7) is 4.30. The van der Waals surface area contributed by atoms with Crippen molar-refractivity contribution in [1.82, 2.24) is 5.32 Å². The van der Waals surface area contributed by atoms with Crippen LogP contribution in [0.3, 0.4) is 0 Å². The third-order valence-corrected chi connectivity index (χ3v) is 2.13. The van der Waals surface area contributed by atoms with E-state index >= 15 is 0 Å². The number of carbonyl (C=O) groups excluding carboxylic acids is 2. The Hall–Kier alpha value is -0.900. The summed E-state index contributed by atoms with van der Waals surface area (Å²) in [4.78, 5) is 21.9. The van der Waals surface area contributed by atoms with Gasteiger partial charge in [-0.1, -0.05) is 13.8 Å². The smallest absolute Gasteiger partial charge is 0.207 e. The van der Waals surface area contributed by atoms with Crippen LogP contribution >= 0.6 is 0 Å². The predicted octanol–water partition coefficient (Wildman–Crippen LogP) is 0.455. The Balaban J connectivity index is 4.00. The first-order valence-corrected chi connectivity index (χ1v) is 5.07. The van der Waals surface area contributed by atoms with Crippen LogP contribution in [0.15, 0.2) is 0 Å². The quantitative estimate of drug-likeness (QED) is 0.441. The molecule has 0 saturated heterocycles. The molecule has 14 heavy (non-hydrogen) atoms. The molecule has 0 aliphatic heterocycles. The molecule has 0 heterocycles. The van der Waals surface area contributed by atoms with Gasteiger partial charge < -0.3 is 11.1 Å². The molecule has 0 aromatic rings. The molecule has 0 fully saturated rings. The van der Waals surface area contributed by atoms with Gasteiger partial charge in [-0.2, -0.15) is 0 Å². The number of hydrogen-bond donors (Lipinski definition) is 2. The monoisotopic (exact) mass is 200 g/mol. The SMILES string of the molecule is CC(C)C(=O)C(CCCCN)NC=O. The third-order valence-electron chi connectivity index (χ3n) is 2.13. The van der Waals surface area contributed by atoms with Crippen LogP contribution in [0, 0.1) is 5.92 Å². The van der Waals surface area contributed by atoms with E-state index in [1.807, 2.05) is 13.8 Å². The van der Waals surface area contributed by atoms with Gasteiger partial charge in [0, 0.05) is 5.92 Å². The predicted molar refractivity (Wildman–Crippen MR) is 55.7 cm³/mol. The molecule has 0 aliphatic carbocycles. The van der Waals surface area contributed by atoms with Gasteiger partial charge in [-0.3, -0.25) is 9.59 Å². The largest absolute Gasteiger partial charge is 0.349 e. The van der Waals surface area contributed by atoms with Crippen LogP contribution in [0.2, 0.25) is 0 Å². The zero-order valence-electron chi connectivity index (χ0n) is 8.95. The Morgan fingerprint density at radius 3 is 2.50 bits per heavy atom. The van der Waals surface area contributed by atoms with Crippen molar-refractivity contribution in [3.8, 4) is 0 Å². The van der Waals surface area contributed by atoms with Crippen LogP contribution in [0.1, 0.15) is 33.1 Å². The van der Waals surface area contributed by atoms with Crippen molar-refractivity contribution in [3.05, 3.63) is 0 Å². The number of amides is 1. The van der Waals surface area contributed by atoms with Crippen molar-refractivity contribution >= 4 is 12.2 Å². The number of rotatable bonds is 8. The summed E-state index contributed by atoms with van der Waals surface area (Å²) >= 11 is 0. The molecule has 0 spiro atoms. The molecule has 4 nitrogen and oxygen atoms in total. The summed E-state index contributed by atoms with van der Waals surface area (Å²) in [5.41, 5.74) is 5.35. The van der Waals surface area contributed by atoms with Gasteiger partial charge in [0.2, 0.25) is 6.41 Å². The van der Waals surface area contributed by atoms with E-state index in [-0.39, 0.29) is 17.7 Å². The zero-order chi connectivity index (χ0) is 11.0. The number of nitrogens with one attached hydrogen (secondary N) is 1. The van der Waals surface area contributed by atoms with E-state index < -0.39 is 0 Å². The highest BCUT2D eigenvalue weighted by atomic mass is 16.1. The molecule has 1 unspecified atom stereocenters. The lowest BCUT2D eigenvalue weighted by molar-refractivity contribution is -0.126. The molecule has 0 rings (SSSR count). The summed E-state index contributed by atoms with van der Waals surface area (Å²) in [5, 5.41) is 2.55. The molecule has 4 heteroatoms. The third kappa shape index (κ3) is 4.97. The minimum atomic E-state index is -0.334. The topological polar surface area (TPSA) is 72.2 Å². The first-order chi connectivity index (χ1) is 6.63. The normalized spacial score (nSPS) is 12.6. The Morgan fingerprint density at radius 2 is 2.07 bits per heavy atom. The lowest BCUT2D eigenvalue weighted by Crippen LogP contribution is -2.38. The van der Waals surface area contributed by atoms with Gasteiger partial charge in [0.15, 0.2) is 5.78 Å². The first-order valence-electron chi connectivity index (χ1n) is 5.07. The Bertz CT molecular complexity index is 181. The summed E-state index contributed by atoms with van der Waals surface area (Å²) in [5.74, 6) is 0.0550. The molecule has 3 N–H and O–H groups in total. The molecular weight excluding hydrogens is 180 g/mol. The second-order valence-electron chi connectivity index (χ2n) is 3.68. The Morgan fingerprint density at radius 1 is 1.43 bits per heavy atom. The highest BCUT2D eigenvalue weighted by Gasteiger charge is 2.19. The van der Waals surface area contributed by atoms with Crippen LogP contribution in [-0.4, -0.2) is 24.8 Å². The molecule has 0 bridgehead atoms. The van der Waals surface area contributed by atoms with Gasteiger partial charge in [-0.05, 0) is 25.8 Å². The minimum Gasteiger partial charge on any atom is -0.349 e. The lowest BCUT2D eigenvalue weighted by atomic mass is 9.97. The van der Waals surface area contributed by atoms with Crippen LogP contribution in [0.4, 0.5) is 0 Å². The fraction of sp³-hybridized carbons (Fsp3) is 0.800. The average molecular weight is 200 g/mol. The Labute approximate surface area is 85.2 Å². The van der Waals surface area contributed by atoms with Crippen LogP contribution in [0.5, 0.6) is 0 Å². The van der Waals surface area contributed by atoms with E-state index in [4.69, 9.17) is 5.73 Å². The maximum absolute atomic E-state index is 11.6. The lowest BCUT2D eigenvalue weighted by Gasteiger charge is -2.16. The summed E-state index contributed by atoms with van der Waals surface area (Å²) in [6.07, 6.45) is 3.04. The molecule has 0 aliphatic rings. The number of hydrogen-bond acceptors (Lipinski definition) is 3.